The van der Waals surface area contributed by atoms with Crippen molar-refractivity contribution in [3.63, 3.8) is 0 Å². The van der Waals surface area contributed by atoms with Crippen LogP contribution < -0.4 is 20.1 Å². The van der Waals surface area contributed by atoms with E-state index in [1.165, 1.54) is 25.0 Å². The van der Waals surface area contributed by atoms with Gasteiger partial charge in [0.1, 0.15) is 28.8 Å². The lowest BCUT2D eigenvalue weighted by Gasteiger charge is -2.42. The molecule has 2 aromatic heterocycles. The molecule has 188 valence electrons. The first-order valence-corrected chi connectivity index (χ1v) is 12.6. The lowest BCUT2D eigenvalue weighted by Crippen LogP contribution is -2.44. The smallest absolute Gasteiger partial charge is 0.252 e. The quantitative estimate of drug-likeness (QED) is 0.482. The highest BCUT2D eigenvalue weighted by Gasteiger charge is 2.33. The van der Waals surface area contributed by atoms with Crippen molar-refractivity contribution >= 4 is 22.4 Å². The van der Waals surface area contributed by atoms with E-state index >= 15 is 0 Å². The summed E-state index contributed by atoms with van der Waals surface area (Å²) in [5, 5.41) is 9.36. The van der Waals surface area contributed by atoms with E-state index in [-0.39, 0.29) is 17.4 Å². The number of methoxy groups -OCH3 is 1. The van der Waals surface area contributed by atoms with Crippen molar-refractivity contribution in [2.75, 3.05) is 30.5 Å². The van der Waals surface area contributed by atoms with Crippen LogP contribution in [0, 0.1) is 23.1 Å². The van der Waals surface area contributed by atoms with E-state index in [4.69, 9.17) is 4.74 Å². The Morgan fingerprint density at radius 1 is 1.08 bits per heavy atom. The fourth-order valence-electron chi connectivity index (χ4n) is 5.51. The van der Waals surface area contributed by atoms with Crippen LogP contribution in [0.15, 0.2) is 41.2 Å². The number of anilines is 2. The van der Waals surface area contributed by atoms with Gasteiger partial charge in [0.25, 0.3) is 5.56 Å². The van der Waals surface area contributed by atoms with Gasteiger partial charge in [-0.05, 0) is 68.7 Å². The molecule has 0 spiro atoms. The molecule has 0 aliphatic heterocycles. The molecule has 0 radical (unpaired) electrons. The van der Waals surface area contributed by atoms with Crippen LogP contribution in [0.1, 0.15) is 44.2 Å². The van der Waals surface area contributed by atoms with E-state index in [2.05, 4.69) is 20.9 Å². The third-order valence-electron chi connectivity index (χ3n) is 7.82. The van der Waals surface area contributed by atoms with Crippen LogP contribution in [0.25, 0.3) is 11.0 Å². The van der Waals surface area contributed by atoms with Gasteiger partial charge in [-0.2, -0.15) is 5.26 Å². The molecule has 7 nitrogen and oxygen atoms in total. The van der Waals surface area contributed by atoms with Gasteiger partial charge in [-0.25, -0.2) is 9.37 Å². The molecule has 3 aromatic rings. The van der Waals surface area contributed by atoms with Crippen molar-refractivity contribution in [3.8, 4) is 11.8 Å². The lowest BCUT2D eigenvalue weighted by molar-refractivity contribution is 0.359. The average Bonchev–Trinajstić information content (AvgIpc) is 3.73. The summed E-state index contributed by atoms with van der Waals surface area (Å²) in [5.41, 5.74) is 3.37. The zero-order chi connectivity index (χ0) is 25.4. The summed E-state index contributed by atoms with van der Waals surface area (Å²) in [7, 11) is 5.34. The number of halogens is 1. The summed E-state index contributed by atoms with van der Waals surface area (Å²) in [4.78, 5) is 21.8. The van der Waals surface area contributed by atoms with Crippen LogP contribution in [-0.2, 0) is 7.05 Å². The van der Waals surface area contributed by atoms with Gasteiger partial charge in [-0.15, -0.1) is 0 Å². The Hall–Kier alpha value is -3.60. The molecule has 1 aromatic carbocycles. The molecular formula is C28H32FN5O2. The van der Waals surface area contributed by atoms with Gasteiger partial charge < -0.3 is 19.1 Å². The lowest BCUT2D eigenvalue weighted by atomic mass is 9.88. The summed E-state index contributed by atoms with van der Waals surface area (Å²) < 4.78 is 21.0. The third-order valence-corrected chi connectivity index (χ3v) is 7.82. The average molecular weight is 490 g/mol. The predicted molar refractivity (Wildman–Crippen MR) is 139 cm³/mol. The molecule has 0 amide bonds. The molecule has 5 rings (SSSR count). The second-order valence-corrected chi connectivity index (χ2v) is 10.1. The number of nitrogens with zero attached hydrogens (tertiary/aromatic N) is 5. The maximum atomic E-state index is 13.9. The van der Waals surface area contributed by atoms with Gasteiger partial charge in [-0.1, -0.05) is 0 Å². The maximum absolute atomic E-state index is 13.9. The first-order chi connectivity index (χ1) is 17.4. The second-order valence-electron chi connectivity index (χ2n) is 10.1. The molecule has 2 aliphatic rings. The van der Waals surface area contributed by atoms with Crippen LogP contribution >= 0.6 is 0 Å². The maximum Gasteiger partial charge on any atom is 0.252 e. The Bertz CT molecular complexity index is 1370. The second kappa shape index (κ2) is 9.81. The van der Waals surface area contributed by atoms with E-state index < -0.39 is 0 Å². The zero-order valence-corrected chi connectivity index (χ0v) is 21.1. The summed E-state index contributed by atoms with van der Waals surface area (Å²) in [6, 6.07) is 12.6. The first kappa shape index (κ1) is 24.1. The number of aromatic nitrogens is 2. The number of hydrogen-bond donors (Lipinski definition) is 0. The molecule has 0 atom stereocenters. The predicted octanol–water partition coefficient (Wildman–Crippen LogP) is 4.62. The van der Waals surface area contributed by atoms with Gasteiger partial charge >= 0.3 is 0 Å². The molecule has 2 saturated carbocycles. The third kappa shape index (κ3) is 4.62. The number of pyridine rings is 2. The van der Waals surface area contributed by atoms with Gasteiger partial charge in [0.2, 0.25) is 0 Å². The van der Waals surface area contributed by atoms with Crippen molar-refractivity contribution in [1.29, 1.82) is 5.26 Å². The molecule has 2 fully saturated rings. The number of fused-ring (bicyclic) bond motifs is 1. The summed E-state index contributed by atoms with van der Waals surface area (Å²) in [5.74, 6) is 0.982. The number of ether oxygens (including phenoxy) is 1. The first-order valence-electron chi connectivity index (χ1n) is 12.6. The molecule has 0 N–H and O–H groups in total. The Kier molecular flexibility index (Phi) is 6.57. The van der Waals surface area contributed by atoms with Crippen molar-refractivity contribution in [2.24, 2.45) is 13.0 Å². The van der Waals surface area contributed by atoms with E-state index in [0.29, 0.717) is 28.9 Å². The minimum absolute atomic E-state index is 0.0939. The molecule has 2 aliphatic carbocycles. The van der Waals surface area contributed by atoms with Crippen LogP contribution in [-0.4, -0.2) is 42.3 Å². The van der Waals surface area contributed by atoms with Crippen LogP contribution in [0.2, 0.25) is 0 Å². The fraction of sp³-hybridized carbons (Fsp3) is 0.464. The number of hydrogen-bond acceptors (Lipinski definition) is 6. The molecule has 0 bridgehead atoms. The number of aryl methyl sites for hydroxylation is 1. The van der Waals surface area contributed by atoms with E-state index in [0.717, 1.165) is 49.1 Å². The van der Waals surface area contributed by atoms with Crippen LogP contribution in [0.5, 0.6) is 5.75 Å². The number of benzene rings is 1. The van der Waals surface area contributed by atoms with E-state index in [1.54, 1.807) is 36.9 Å². The molecule has 2 heterocycles. The number of rotatable bonds is 7. The highest BCUT2D eigenvalue weighted by molar-refractivity contribution is 5.88. The minimum atomic E-state index is -0.290. The Labute approximate surface area is 210 Å². The number of nitriles is 1. The normalized spacial score (nSPS) is 19.6. The Morgan fingerprint density at radius 3 is 2.47 bits per heavy atom. The molecule has 0 saturated heterocycles. The Balaban J connectivity index is 1.38. The summed E-state index contributed by atoms with van der Waals surface area (Å²) in [6.45, 7) is 0.966. The van der Waals surface area contributed by atoms with Gasteiger partial charge in [0, 0.05) is 44.9 Å². The topological polar surface area (TPSA) is 74.4 Å². The molecule has 0 unspecified atom stereocenters. The van der Waals surface area contributed by atoms with Crippen molar-refractivity contribution in [1.82, 2.24) is 9.55 Å². The highest BCUT2D eigenvalue weighted by Crippen LogP contribution is 2.40. The molecule has 8 heteroatoms. The van der Waals surface area contributed by atoms with Gasteiger partial charge in [0.15, 0.2) is 0 Å². The monoisotopic (exact) mass is 489 g/mol. The van der Waals surface area contributed by atoms with Crippen LogP contribution in [0.4, 0.5) is 15.8 Å². The summed E-state index contributed by atoms with van der Waals surface area (Å²) >= 11 is 0. The minimum Gasteiger partial charge on any atom is -0.494 e. The van der Waals surface area contributed by atoms with Crippen LogP contribution in [0.3, 0.4) is 0 Å². The Morgan fingerprint density at radius 2 is 1.81 bits per heavy atom. The van der Waals surface area contributed by atoms with Gasteiger partial charge in [0.05, 0.1) is 24.0 Å². The zero-order valence-electron chi connectivity index (χ0n) is 21.1. The SMILES string of the molecule is COc1cc(F)ccc1N(CC1CC1)C1CCC(N(C)c2cc(=O)n(C)c3ccc(C#N)nc23)CC1. The largest absolute Gasteiger partial charge is 0.494 e. The summed E-state index contributed by atoms with van der Waals surface area (Å²) in [6.07, 6.45) is 6.38. The molecular weight excluding hydrogens is 457 g/mol. The van der Waals surface area contributed by atoms with Crippen molar-refractivity contribution in [2.45, 2.75) is 50.6 Å². The van der Waals surface area contributed by atoms with Crippen molar-refractivity contribution in [3.05, 3.63) is 58.3 Å². The molecule has 36 heavy (non-hydrogen) atoms. The van der Waals surface area contributed by atoms with Gasteiger partial charge in [-0.3, -0.25) is 4.79 Å². The fourth-order valence-corrected chi connectivity index (χ4v) is 5.51. The standard InChI is InChI=1S/C28H32FN5O2/c1-32(25-15-27(35)33(2)24-13-7-20(16-30)31-28(24)25)21-8-10-22(11-9-21)34(17-18-4-5-18)23-12-6-19(29)14-26(23)36-3/h6-7,12-15,18,21-22H,4-5,8-11,17H2,1-3H3. The highest BCUT2D eigenvalue weighted by atomic mass is 19.1. The van der Waals surface area contributed by atoms with Crippen molar-refractivity contribution < 1.29 is 9.13 Å². The van der Waals surface area contributed by atoms with E-state index in [1.807, 2.05) is 13.1 Å². The van der Waals surface area contributed by atoms with E-state index in [9.17, 15) is 14.4 Å².